The second-order valence-electron chi connectivity index (χ2n) is 9.71. The van der Waals surface area contributed by atoms with Gasteiger partial charge in [-0.2, -0.15) is 5.10 Å². The van der Waals surface area contributed by atoms with Crippen LogP contribution in [0.25, 0.3) is 22.2 Å². The Morgan fingerprint density at radius 3 is 2.54 bits per heavy atom. The number of nitrogens with one attached hydrogen (secondary N) is 1. The molecule has 1 aromatic carbocycles. The van der Waals surface area contributed by atoms with Crippen molar-refractivity contribution in [2.24, 2.45) is 4.36 Å². The minimum absolute atomic E-state index is 0.235. The van der Waals surface area contributed by atoms with Gasteiger partial charge < -0.3 is 9.64 Å². The quantitative estimate of drug-likeness (QED) is 0.313. The number of rotatable bonds is 6. The van der Waals surface area contributed by atoms with Gasteiger partial charge in [0.25, 0.3) is 0 Å². The van der Waals surface area contributed by atoms with Gasteiger partial charge in [-0.25, -0.2) is 13.7 Å². The van der Waals surface area contributed by atoms with Gasteiger partial charge in [-0.05, 0) is 38.1 Å². The molecule has 0 spiro atoms. The summed E-state index contributed by atoms with van der Waals surface area (Å²) in [6.07, 6.45) is 7.40. The topological polar surface area (TPSA) is 96.4 Å². The maximum Gasteiger partial charge on any atom is 0.166 e. The Labute approximate surface area is 224 Å². The third-order valence-electron chi connectivity index (χ3n) is 6.04. The van der Waals surface area contributed by atoms with Gasteiger partial charge in [-0.1, -0.05) is 23.2 Å². The molecule has 4 heterocycles. The molecule has 37 heavy (non-hydrogen) atoms. The number of anilines is 1. The summed E-state index contributed by atoms with van der Waals surface area (Å²) in [7, 11) is -2.25. The molecule has 12 heteroatoms. The summed E-state index contributed by atoms with van der Waals surface area (Å²) in [5, 5.41) is 8.95. The van der Waals surface area contributed by atoms with Gasteiger partial charge in [0.15, 0.2) is 11.6 Å². The number of benzene rings is 1. The summed E-state index contributed by atoms with van der Waals surface area (Å²) in [6, 6.07) is 6.89. The van der Waals surface area contributed by atoms with Gasteiger partial charge in [0.05, 0.1) is 15.6 Å². The van der Waals surface area contributed by atoms with Crippen molar-refractivity contribution in [1.29, 1.82) is 0 Å². The first-order valence-electron chi connectivity index (χ1n) is 11.5. The summed E-state index contributed by atoms with van der Waals surface area (Å²) in [6.45, 7) is 4.66. The standard InChI is InChI=1S/C25H25Cl2FN6O2S/c1-14(22-18(26)10-29-11-19(22)27)36-16-5-6-21-17(8-16)23(32-31-21)15-7-20(28)24(30-9-15)34-12-25(2,13-34)33-37(3,4)35/h5-11,14H,12-13H2,1-4H3,(H,31,32)/t14-/m1/s1. The second kappa shape index (κ2) is 9.41. The van der Waals surface area contributed by atoms with Crippen LogP contribution in [0.2, 0.25) is 10.0 Å². The predicted molar refractivity (Wildman–Crippen MR) is 146 cm³/mol. The van der Waals surface area contributed by atoms with Gasteiger partial charge in [0.1, 0.15) is 23.1 Å². The van der Waals surface area contributed by atoms with Crippen LogP contribution in [0, 0.1) is 5.82 Å². The van der Waals surface area contributed by atoms with Crippen molar-refractivity contribution in [3.05, 3.63) is 64.3 Å². The van der Waals surface area contributed by atoms with Gasteiger partial charge in [-0.3, -0.25) is 14.3 Å². The van der Waals surface area contributed by atoms with Crippen molar-refractivity contribution in [2.45, 2.75) is 25.5 Å². The average molecular weight is 563 g/mol. The zero-order chi connectivity index (χ0) is 26.5. The smallest absolute Gasteiger partial charge is 0.166 e. The minimum Gasteiger partial charge on any atom is -0.486 e. The molecule has 3 aromatic heterocycles. The number of hydrogen-bond donors (Lipinski definition) is 1. The fourth-order valence-electron chi connectivity index (χ4n) is 4.67. The number of halogens is 3. The molecule has 0 saturated carbocycles. The fraction of sp³-hybridized carbons (Fsp3) is 0.320. The molecule has 1 atom stereocenters. The van der Waals surface area contributed by atoms with E-state index in [9.17, 15) is 4.21 Å². The van der Waals surface area contributed by atoms with E-state index in [1.54, 1.807) is 23.6 Å². The molecule has 0 radical (unpaired) electrons. The first-order valence-corrected chi connectivity index (χ1v) is 14.5. The van der Waals surface area contributed by atoms with E-state index in [4.69, 9.17) is 27.9 Å². The lowest BCUT2D eigenvalue weighted by molar-refractivity contribution is 0.227. The zero-order valence-electron chi connectivity index (χ0n) is 20.6. The number of fused-ring (bicyclic) bond motifs is 1. The molecule has 1 aliphatic heterocycles. The van der Waals surface area contributed by atoms with Crippen LogP contribution in [0.3, 0.4) is 0 Å². The first kappa shape index (κ1) is 25.7. The molecular formula is C25H25Cl2FN6O2S. The van der Waals surface area contributed by atoms with Crippen molar-refractivity contribution < 1.29 is 13.3 Å². The van der Waals surface area contributed by atoms with E-state index in [0.717, 1.165) is 10.9 Å². The largest absolute Gasteiger partial charge is 0.486 e. The number of aromatic amines is 1. The highest BCUT2D eigenvalue weighted by molar-refractivity contribution is 7.92. The lowest BCUT2D eigenvalue weighted by Gasteiger charge is -2.46. The van der Waals surface area contributed by atoms with Crippen molar-refractivity contribution >= 4 is 49.7 Å². The molecule has 1 fully saturated rings. The van der Waals surface area contributed by atoms with Gasteiger partial charge in [0, 0.05) is 70.4 Å². The Hall–Kier alpha value is -2.95. The molecule has 5 rings (SSSR count). The van der Waals surface area contributed by atoms with E-state index >= 15 is 4.39 Å². The van der Waals surface area contributed by atoms with Crippen molar-refractivity contribution in [3.63, 3.8) is 0 Å². The third-order valence-corrected chi connectivity index (χ3v) is 7.52. The van der Waals surface area contributed by atoms with E-state index in [1.807, 2.05) is 32.0 Å². The van der Waals surface area contributed by atoms with Crippen LogP contribution in [0.15, 0.2) is 47.2 Å². The monoisotopic (exact) mass is 562 g/mol. The van der Waals surface area contributed by atoms with Gasteiger partial charge >= 0.3 is 0 Å². The minimum atomic E-state index is -2.25. The van der Waals surface area contributed by atoms with Crippen LogP contribution < -0.4 is 9.64 Å². The van der Waals surface area contributed by atoms with Crippen LogP contribution in [-0.4, -0.2) is 55.5 Å². The molecule has 0 amide bonds. The highest BCUT2D eigenvalue weighted by Gasteiger charge is 2.41. The van der Waals surface area contributed by atoms with E-state index in [0.29, 0.717) is 45.7 Å². The molecule has 0 bridgehead atoms. The van der Waals surface area contributed by atoms with Crippen LogP contribution in [0.1, 0.15) is 25.5 Å². The first-order chi connectivity index (χ1) is 17.4. The maximum absolute atomic E-state index is 15.1. The molecule has 1 saturated heterocycles. The average Bonchev–Trinajstić information content (AvgIpc) is 3.19. The summed E-state index contributed by atoms with van der Waals surface area (Å²) < 4.78 is 37.7. The highest BCUT2D eigenvalue weighted by atomic mass is 35.5. The molecule has 0 aliphatic carbocycles. The number of hydrogen-bond acceptors (Lipinski definition) is 7. The Morgan fingerprint density at radius 2 is 1.89 bits per heavy atom. The lowest BCUT2D eigenvalue weighted by atomic mass is 9.94. The Bertz CT molecular complexity index is 1600. The Morgan fingerprint density at radius 1 is 1.19 bits per heavy atom. The van der Waals surface area contributed by atoms with Crippen LogP contribution in [-0.2, 0) is 9.73 Å². The van der Waals surface area contributed by atoms with E-state index in [2.05, 4.69) is 24.5 Å². The molecular weight excluding hydrogens is 538 g/mol. The van der Waals surface area contributed by atoms with E-state index in [1.165, 1.54) is 18.5 Å². The normalized spacial score (nSPS) is 15.9. The second-order valence-corrected chi connectivity index (χ2v) is 13.1. The number of pyridine rings is 2. The number of nitrogens with zero attached hydrogens (tertiary/aromatic N) is 5. The molecule has 1 N–H and O–H groups in total. The SMILES string of the molecule is C[C@@H](Oc1ccc2[nH]nc(-c3cnc(N4CC(C)(N=S(C)(C)=O)C4)c(F)c3)c2c1)c1c(Cl)cncc1Cl. The van der Waals surface area contributed by atoms with Crippen LogP contribution in [0.4, 0.5) is 10.2 Å². The Kier molecular flexibility index (Phi) is 6.54. The summed E-state index contributed by atoms with van der Waals surface area (Å²) >= 11 is 12.6. The predicted octanol–water partition coefficient (Wildman–Crippen LogP) is 5.91. The van der Waals surface area contributed by atoms with Crippen molar-refractivity contribution in [2.75, 3.05) is 30.5 Å². The van der Waals surface area contributed by atoms with Gasteiger partial charge in [0.2, 0.25) is 0 Å². The highest BCUT2D eigenvalue weighted by Crippen LogP contribution is 2.36. The van der Waals surface area contributed by atoms with Crippen LogP contribution in [0.5, 0.6) is 5.75 Å². The lowest BCUT2D eigenvalue weighted by Crippen LogP contribution is -2.59. The molecule has 8 nitrogen and oxygen atoms in total. The van der Waals surface area contributed by atoms with E-state index in [-0.39, 0.29) is 5.82 Å². The molecule has 0 unspecified atom stereocenters. The fourth-order valence-corrected chi connectivity index (χ4v) is 6.52. The van der Waals surface area contributed by atoms with Crippen molar-refractivity contribution in [1.82, 2.24) is 20.2 Å². The van der Waals surface area contributed by atoms with Gasteiger partial charge in [-0.15, -0.1) is 0 Å². The number of H-pyrrole nitrogens is 1. The van der Waals surface area contributed by atoms with E-state index < -0.39 is 27.2 Å². The summed E-state index contributed by atoms with van der Waals surface area (Å²) in [4.78, 5) is 10.1. The number of aromatic nitrogens is 4. The summed E-state index contributed by atoms with van der Waals surface area (Å²) in [5.74, 6) is 0.343. The Balaban J connectivity index is 1.39. The van der Waals surface area contributed by atoms with Crippen molar-refractivity contribution in [3.8, 4) is 17.0 Å². The maximum atomic E-state index is 15.1. The summed E-state index contributed by atoms with van der Waals surface area (Å²) in [5.41, 5.74) is 2.00. The molecule has 1 aliphatic rings. The number of ether oxygens (including phenoxy) is 1. The zero-order valence-corrected chi connectivity index (χ0v) is 23.0. The molecule has 194 valence electrons. The third kappa shape index (κ3) is 5.23. The van der Waals surface area contributed by atoms with Crippen LogP contribution >= 0.6 is 23.2 Å². The molecule has 4 aromatic rings.